The van der Waals surface area contributed by atoms with Gasteiger partial charge >= 0.3 is 0 Å². The number of amidine groups is 1. The van der Waals surface area contributed by atoms with Crippen LogP contribution in [0.25, 0.3) is 6.08 Å². The molecule has 0 aliphatic carbocycles. The Morgan fingerprint density at radius 2 is 1.72 bits per heavy atom. The van der Waals surface area contributed by atoms with Crippen LogP contribution in [0, 0.1) is 5.82 Å². The van der Waals surface area contributed by atoms with Crippen LogP contribution < -0.4 is 9.64 Å². The lowest BCUT2D eigenvalue weighted by Gasteiger charge is -2.23. The Bertz CT molecular complexity index is 1360. The number of benzene rings is 3. The second-order valence-corrected chi connectivity index (χ2v) is 9.70. The van der Waals surface area contributed by atoms with Gasteiger partial charge in [-0.1, -0.05) is 24.3 Å². The number of rotatable bonds is 5. The monoisotopic (exact) mass is 500 g/mol. The number of carbonyl (C=O) groups is 1. The molecule has 0 saturated carbocycles. The van der Waals surface area contributed by atoms with Gasteiger partial charge in [-0.15, -0.1) is 0 Å². The Balaban J connectivity index is 1.47. The zero-order valence-corrected chi connectivity index (χ0v) is 21.0. The summed E-state index contributed by atoms with van der Waals surface area (Å²) in [5, 5.41) is 7.29. The number of thioether (sulfide) groups is 1. The number of hydrazone groups is 1. The molecule has 3 aromatic carbocycles. The first-order valence-corrected chi connectivity index (χ1v) is 12.3. The molecule has 2 heterocycles. The highest BCUT2D eigenvalue weighted by molar-refractivity contribution is 8.18. The number of ether oxygens (including phenoxy) is 1. The van der Waals surface area contributed by atoms with Crippen molar-refractivity contribution >= 4 is 40.3 Å². The first-order valence-electron chi connectivity index (χ1n) is 11.5. The van der Waals surface area contributed by atoms with Gasteiger partial charge in [-0.2, -0.15) is 10.1 Å². The number of hydrogen-bond acceptors (Lipinski definition) is 6. The summed E-state index contributed by atoms with van der Waals surface area (Å²) in [6, 6.07) is 22.1. The topological polar surface area (TPSA) is 57.5 Å². The van der Waals surface area contributed by atoms with E-state index in [1.54, 1.807) is 25.3 Å². The number of halogens is 1. The van der Waals surface area contributed by atoms with Gasteiger partial charge in [-0.3, -0.25) is 4.79 Å². The van der Waals surface area contributed by atoms with E-state index in [2.05, 4.69) is 34.2 Å². The molecule has 1 unspecified atom stereocenters. The second-order valence-electron chi connectivity index (χ2n) is 8.69. The maximum absolute atomic E-state index is 13.3. The van der Waals surface area contributed by atoms with E-state index in [4.69, 9.17) is 9.84 Å². The van der Waals surface area contributed by atoms with Gasteiger partial charge in [0.1, 0.15) is 11.6 Å². The van der Waals surface area contributed by atoms with E-state index in [1.165, 1.54) is 23.9 Å². The number of hydrogen-bond donors (Lipinski definition) is 0. The van der Waals surface area contributed by atoms with Crippen LogP contribution in [-0.2, 0) is 4.79 Å². The van der Waals surface area contributed by atoms with Crippen molar-refractivity contribution in [3.8, 4) is 5.75 Å². The Labute approximate surface area is 213 Å². The van der Waals surface area contributed by atoms with Crippen LogP contribution in [0.1, 0.15) is 29.2 Å². The molecule has 36 heavy (non-hydrogen) atoms. The number of amides is 1. The summed E-state index contributed by atoms with van der Waals surface area (Å²) in [5.41, 5.74) is 4.83. The minimum atomic E-state index is -0.325. The smallest absolute Gasteiger partial charge is 0.286 e. The molecule has 8 heteroatoms. The van der Waals surface area contributed by atoms with Crippen LogP contribution in [0.3, 0.4) is 0 Å². The van der Waals surface area contributed by atoms with Gasteiger partial charge in [-0.25, -0.2) is 9.40 Å². The molecule has 0 N–H and O–H groups in total. The molecule has 0 fully saturated rings. The summed E-state index contributed by atoms with van der Waals surface area (Å²) < 4.78 is 18.6. The van der Waals surface area contributed by atoms with Crippen molar-refractivity contribution in [2.45, 2.75) is 12.5 Å². The quantitative estimate of drug-likeness (QED) is 0.419. The van der Waals surface area contributed by atoms with Gasteiger partial charge in [-0.05, 0) is 83.1 Å². The minimum Gasteiger partial charge on any atom is -0.497 e. The van der Waals surface area contributed by atoms with Crippen LogP contribution in [0.4, 0.5) is 10.1 Å². The Morgan fingerprint density at radius 1 is 1.03 bits per heavy atom. The van der Waals surface area contributed by atoms with E-state index in [9.17, 15) is 9.18 Å². The van der Waals surface area contributed by atoms with Gasteiger partial charge in [0.05, 0.1) is 23.8 Å². The molecule has 0 radical (unpaired) electrons. The van der Waals surface area contributed by atoms with Crippen LogP contribution in [-0.4, -0.2) is 43.0 Å². The first-order chi connectivity index (χ1) is 17.4. The molecule has 2 aliphatic heterocycles. The highest BCUT2D eigenvalue weighted by Crippen LogP contribution is 2.40. The fourth-order valence-corrected chi connectivity index (χ4v) is 5.02. The number of methoxy groups -OCH3 is 1. The molecule has 5 rings (SSSR count). The van der Waals surface area contributed by atoms with E-state index < -0.39 is 0 Å². The van der Waals surface area contributed by atoms with E-state index >= 15 is 0 Å². The fraction of sp³-hybridized carbons (Fsp3) is 0.179. The van der Waals surface area contributed by atoms with Gasteiger partial charge in [0, 0.05) is 26.2 Å². The molecule has 0 bridgehead atoms. The third-order valence-electron chi connectivity index (χ3n) is 6.10. The Hall–Kier alpha value is -3.91. The number of carbonyl (C=O) groups excluding carboxylic acids is 1. The van der Waals surface area contributed by atoms with E-state index in [0.717, 1.165) is 33.8 Å². The fourth-order valence-electron chi connectivity index (χ4n) is 4.11. The second kappa shape index (κ2) is 9.99. The van der Waals surface area contributed by atoms with Crippen molar-refractivity contribution in [2.75, 3.05) is 26.1 Å². The summed E-state index contributed by atoms with van der Waals surface area (Å²) in [6.07, 6.45) is 2.40. The van der Waals surface area contributed by atoms with Gasteiger partial charge < -0.3 is 9.64 Å². The maximum atomic E-state index is 13.3. The Morgan fingerprint density at radius 3 is 2.36 bits per heavy atom. The summed E-state index contributed by atoms with van der Waals surface area (Å²) in [7, 11) is 5.65. The molecule has 0 spiro atoms. The predicted octanol–water partition coefficient (Wildman–Crippen LogP) is 5.72. The minimum absolute atomic E-state index is 0.109. The normalized spacial score (nSPS) is 18.4. The van der Waals surface area contributed by atoms with Crippen molar-refractivity contribution in [3.05, 3.63) is 100 Å². The zero-order chi connectivity index (χ0) is 25.2. The van der Waals surface area contributed by atoms with Crippen molar-refractivity contribution in [1.82, 2.24) is 5.01 Å². The zero-order valence-electron chi connectivity index (χ0n) is 20.2. The Kier molecular flexibility index (Phi) is 6.61. The third kappa shape index (κ3) is 4.90. The van der Waals surface area contributed by atoms with Crippen LogP contribution in [0.5, 0.6) is 5.75 Å². The molecular weight excluding hydrogens is 475 g/mol. The standard InChI is InChI=1S/C28H25FN4O2S/c1-32(2)22-12-6-20(7-13-22)25-17-24(19-8-14-23(35-3)15-9-19)31-33(25)28-30-27(34)26(36-28)16-18-4-10-21(29)11-5-18/h4-16,25H,17H2,1-3H3/b26-16-. The molecule has 6 nitrogen and oxygen atoms in total. The van der Waals surface area contributed by atoms with E-state index in [1.807, 2.05) is 43.4 Å². The molecule has 182 valence electrons. The number of anilines is 1. The summed E-state index contributed by atoms with van der Waals surface area (Å²) >= 11 is 1.28. The molecular formula is C28H25FN4O2S. The molecule has 1 amide bonds. The lowest BCUT2D eigenvalue weighted by atomic mass is 9.98. The molecule has 0 aromatic heterocycles. The van der Waals surface area contributed by atoms with Gasteiger partial charge in [0.15, 0.2) is 5.17 Å². The van der Waals surface area contributed by atoms with E-state index in [0.29, 0.717) is 16.5 Å². The average Bonchev–Trinajstić information content (AvgIpc) is 3.49. The van der Waals surface area contributed by atoms with Crippen LogP contribution >= 0.6 is 11.8 Å². The number of aliphatic imine (C=N–C) groups is 1. The van der Waals surface area contributed by atoms with Gasteiger partial charge in [0.2, 0.25) is 0 Å². The van der Waals surface area contributed by atoms with Gasteiger partial charge in [0.25, 0.3) is 5.91 Å². The summed E-state index contributed by atoms with van der Waals surface area (Å²) in [5.74, 6) is 0.135. The first kappa shape index (κ1) is 23.8. The van der Waals surface area contributed by atoms with Crippen LogP contribution in [0.2, 0.25) is 0 Å². The van der Waals surface area contributed by atoms with Crippen LogP contribution in [0.15, 0.2) is 87.8 Å². The van der Waals surface area contributed by atoms with Crippen molar-refractivity contribution in [1.29, 1.82) is 0 Å². The highest BCUT2D eigenvalue weighted by Gasteiger charge is 2.36. The molecule has 3 aromatic rings. The molecule has 0 saturated heterocycles. The number of nitrogens with zero attached hydrogens (tertiary/aromatic N) is 4. The average molecular weight is 501 g/mol. The van der Waals surface area contributed by atoms with E-state index in [-0.39, 0.29) is 17.8 Å². The van der Waals surface area contributed by atoms with Crippen molar-refractivity contribution in [3.63, 3.8) is 0 Å². The molecule has 1 atom stereocenters. The molecule has 2 aliphatic rings. The SMILES string of the molecule is COc1ccc(C2=NN(C3=NC(=O)/C(=C/c4ccc(F)cc4)S3)C(c3ccc(N(C)C)cc3)C2)cc1. The maximum Gasteiger partial charge on any atom is 0.286 e. The van der Waals surface area contributed by atoms with Crippen molar-refractivity contribution < 1.29 is 13.9 Å². The lowest BCUT2D eigenvalue weighted by Crippen LogP contribution is -2.23. The predicted molar refractivity (Wildman–Crippen MR) is 144 cm³/mol. The lowest BCUT2D eigenvalue weighted by molar-refractivity contribution is -0.113. The summed E-state index contributed by atoms with van der Waals surface area (Å²) in [4.78, 5) is 19.6. The largest absolute Gasteiger partial charge is 0.497 e. The van der Waals surface area contributed by atoms with Crippen molar-refractivity contribution in [2.24, 2.45) is 10.1 Å². The third-order valence-corrected chi connectivity index (χ3v) is 7.07. The summed E-state index contributed by atoms with van der Waals surface area (Å²) in [6.45, 7) is 0. The highest BCUT2D eigenvalue weighted by atomic mass is 32.2.